The predicted molar refractivity (Wildman–Crippen MR) is 72.9 cm³/mol. The second-order valence-corrected chi connectivity index (χ2v) is 5.41. The Morgan fingerprint density at radius 3 is 2.89 bits per heavy atom. The van der Waals surface area contributed by atoms with E-state index in [1.807, 2.05) is 16.9 Å². The van der Waals surface area contributed by atoms with E-state index < -0.39 is 5.54 Å². The number of carbonyl (C=O) groups excluding carboxylic acids is 1. The minimum absolute atomic E-state index is 0.0743. The van der Waals surface area contributed by atoms with Gasteiger partial charge < -0.3 is 10.5 Å². The number of Topliss-reactive ketones (excluding diaryl/α,β-unsaturated/α-hetero) is 1. The number of ether oxygens (including phenoxy) is 1. The normalized spacial score (nSPS) is 20.2. The minimum Gasteiger partial charge on any atom is -0.381 e. The van der Waals surface area contributed by atoms with Gasteiger partial charge in [-0.15, -0.1) is 0 Å². The van der Waals surface area contributed by atoms with Crippen LogP contribution in [0.1, 0.15) is 44.8 Å². The van der Waals surface area contributed by atoms with Gasteiger partial charge in [0.05, 0.1) is 17.7 Å². The lowest BCUT2D eigenvalue weighted by molar-refractivity contribution is -0.126. The molecule has 1 fully saturated rings. The average molecular weight is 265 g/mol. The molecule has 0 spiro atoms. The third-order valence-electron chi connectivity index (χ3n) is 3.99. The average Bonchev–Trinajstić information content (AvgIpc) is 2.87. The van der Waals surface area contributed by atoms with Crippen LogP contribution >= 0.6 is 0 Å². The third-order valence-corrected chi connectivity index (χ3v) is 3.99. The number of hydrogen-bond acceptors (Lipinski definition) is 4. The number of carbonyl (C=O) groups is 1. The maximum absolute atomic E-state index is 12.3. The van der Waals surface area contributed by atoms with Crippen molar-refractivity contribution in [3.05, 3.63) is 18.0 Å². The van der Waals surface area contributed by atoms with Gasteiger partial charge in [-0.3, -0.25) is 9.48 Å². The van der Waals surface area contributed by atoms with Crippen molar-refractivity contribution < 1.29 is 9.53 Å². The number of rotatable bonds is 5. The van der Waals surface area contributed by atoms with Gasteiger partial charge in [0.25, 0.3) is 0 Å². The molecule has 1 unspecified atom stereocenters. The first kappa shape index (κ1) is 14.2. The molecule has 2 N–H and O–H groups in total. The van der Waals surface area contributed by atoms with E-state index in [0.717, 1.165) is 12.1 Å². The molecule has 1 aliphatic heterocycles. The highest BCUT2D eigenvalue weighted by Crippen LogP contribution is 2.20. The molecule has 1 saturated heterocycles. The highest BCUT2D eigenvalue weighted by Gasteiger charge is 2.35. The summed E-state index contributed by atoms with van der Waals surface area (Å²) in [6, 6.07) is 2.27. The van der Waals surface area contributed by atoms with Crippen LogP contribution in [0.4, 0.5) is 0 Å². The van der Waals surface area contributed by atoms with Gasteiger partial charge in [-0.1, -0.05) is 6.92 Å². The van der Waals surface area contributed by atoms with Crippen molar-refractivity contribution in [3.8, 4) is 0 Å². The summed E-state index contributed by atoms with van der Waals surface area (Å²) in [4.78, 5) is 12.3. The molecule has 5 heteroatoms. The van der Waals surface area contributed by atoms with Gasteiger partial charge >= 0.3 is 0 Å². The first-order valence-electron chi connectivity index (χ1n) is 6.99. The van der Waals surface area contributed by atoms with Crippen molar-refractivity contribution in [2.75, 3.05) is 13.2 Å². The van der Waals surface area contributed by atoms with Gasteiger partial charge in [0.1, 0.15) is 0 Å². The first-order chi connectivity index (χ1) is 9.05. The van der Waals surface area contributed by atoms with Crippen LogP contribution in [0.15, 0.2) is 12.3 Å². The van der Waals surface area contributed by atoms with Crippen LogP contribution in [0, 0.1) is 0 Å². The second-order valence-electron chi connectivity index (χ2n) is 5.41. The standard InChI is InChI=1S/C14H23N3O2/c1-3-11(2)17-7-4-12(16-17)10-13(18)14(15)5-8-19-9-6-14/h4,7,11H,3,5-6,8-10,15H2,1-2H3. The van der Waals surface area contributed by atoms with E-state index in [0.29, 0.717) is 38.5 Å². The van der Waals surface area contributed by atoms with Gasteiger partial charge in [-0.05, 0) is 32.3 Å². The van der Waals surface area contributed by atoms with Crippen LogP contribution in [0.3, 0.4) is 0 Å². The van der Waals surface area contributed by atoms with E-state index in [1.165, 1.54) is 0 Å². The molecule has 1 atom stereocenters. The largest absolute Gasteiger partial charge is 0.381 e. The van der Waals surface area contributed by atoms with Gasteiger partial charge in [0, 0.05) is 25.5 Å². The maximum Gasteiger partial charge on any atom is 0.158 e. The Labute approximate surface area is 114 Å². The second kappa shape index (κ2) is 5.84. The Hall–Kier alpha value is -1.20. The van der Waals surface area contributed by atoms with Gasteiger partial charge in [0.2, 0.25) is 0 Å². The molecule has 2 heterocycles. The van der Waals surface area contributed by atoms with Crippen molar-refractivity contribution in [1.82, 2.24) is 9.78 Å². The summed E-state index contributed by atoms with van der Waals surface area (Å²) in [5.74, 6) is 0.0743. The zero-order valence-electron chi connectivity index (χ0n) is 11.8. The summed E-state index contributed by atoms with van der Waals surface area (Å²) in [6.45, 7) is 5.38. The summed E-state index contributed by atoms with van der Waals surface area (Å²) >= 11 is 0. The fourth-order valence-electron chi connectivity index (χ4n) is 2.26. The van der Waals surface area contributed by atoms with Crippen molar-refractivity contribution in [2.45, 2.75) is 51.1 Å². The van der Waals surface area contributed by atoms with Crippen molar-refractivity contribution in [3.63, 3.8) is 0 Å². The van der Waals surface area contributed by atoms with Gasteiger partial charge in [-0.2, -0.15) is 5.10 Å². The summed E-state index contributed by atoms with van der Waals surface area (Å²) in [5, 5.41) is 4.46. The predicted octanol–water partition coefficient (Wildman–Crippen LogP) is 1.47. The fraction of sp³-hybridized carbons (Fsp3) is 0.714. The van der Waals surface area contributed by atoms with Crippen LogP contribution in [-0.4, -0.2) is 34.3 Å². The zero-order chi connectivity index (χ0) is 13.9. The van der Waals surface area contributed by atoms with E-state index in [9.17, 15) is 4.79 Å². The number of ketones is 1. The molecule has 0 amide bonds. The quantitative estimate of drug-likeness (QED) is 0.875. The Morgan fingerprint density at radius 2 is 2.26 bits per heavy atom. The lowest BCUT2D eigenvalue weighted by Gasteiger charge is -2.31. The first-order valence-corrected chi connectivity index (χ1v) is 6.99. The Balaban J connectivity index is 2.00. The number of hydrogen-bond donors (Lipinski definition) is 1. The van der Waals surface area contributed by atoms with E-state index in [1.54, 1.807) is 0 Å². The summed E-state index contributed by atoms with van der Waals surface area (Å²) in [7, 11) is 0. The minimum atomic E-state index is -0.724. The SMILES string of the molecule is CCC(C)n1ccc(CC(=O)C2(N)CCOCC2)n1. The smallest absolute Gasteiger partial charge is 0.158 e. The van der Waals surface area contributed by atoms with Crippen LogP contribution in [0.5, 0.6) is 0 Å². The molecular weight excluding hydrogens is 242 g/mol. The monoisotopic (exact) mass is 265 g/mol. The summed E-state index contributed by atoms with van der Waals surface area (Å²) < 4.78 is 7.18. The zero-order valence-corrected chi connectivity index (χ0v) is 11.8. The third kappa shape index (κ3) is 3.22. The molecule has 1 aromatic rings. The highest BCUT2D eigenvalue weighted by atomic mass is 16.5. The summed E-state index contributed by atoms with van der Waals surface area (Å²) in [6.07, 6.45) is 4.49. The van der Waals surface area contributed by atoms with Crippen LogP contribution in [0.25, 0.3) is 0 Å². The number of aromatic nitrogens is 2. The highest BCUT2D eigenvalue weighted by molar-refractivity contribution is 5.89. The lowest BCUT2D eigenvalue weighted by Crippen LogP contribution is -2.52. The van der Waals surface area contributed by atoms with Gasteiger partial charge in [-0.25, -0.2) is 0 Å². The van der Waals surface area contributed by atoms with Crippen molar-refractivity contribution >= 4 is 5.78 Å². The molecule has 0 radical (unpaired) electrons. The molecule has 106 valence electrons. The van der Waals surface area contributed by atoms with Crippen LogP contribution in [-0.2, 0) is 16.0 Å². The number of nitrogens with zero attached hydrogens (tertiary/aromatic N) is 2. The Morgan fingerprint density at radius 1 is 1.58 bits per heavy atom. The molecule has 0 saturated carbocycles. The van der Waals surface area contributed by atoms with Crippen molar-refractivity contribution in [1.29, 1.82) is 0 Å². The van der Waals surface area contributed by atoms with Crippen molar-refractivity contribution in [2.24, 2.45) is 5.73 Å². The van der Waals surface area contributed by atoms with Crippen LogP contribution in [0.2, 0.25) is 0 Å². The van der Waals surface area contributed by atoms with Crippen LogP contribution < -0.4 is 5.73 Å². The molecular formula is C14H23N3O2. The van der Waals surface area contributed by atoms with E-state index in [4.69, 9.17) is 10.5 Å². The molecule has 0 bridgehead atoms. The van der Waals surface area contributed by atoms with E-state index in [-0.39, 0.29) is 5.78 Å². The van der Waals surface area contributed by atoms with E-state index in [2.05, 4.69) is 18.9 Å². The van der Waals surface area contributed by atoms with E-state index >= 15 is 0 Å². The molecule has 1 aliphatic rings. The topological polar surface area (TPSA) is 70.1 Å². The number of nitrogens with two attached hydrogens (primary N) is 1. The molecule has 1 aromatic heterocycles. The molecule has 0 aromatic carbocycles. The maximum atomic E-state index is 12.3. The molecule has 5 nitrogen and oxygen atoms in total. The fourth-order valence-corrected chi connectivity index (χ4v) is 2.26. The lowest BCUT2D eigenvalue weighted by atomic mass is 9.85. The van der Waals surface area contributed by atoms with Gasteiger partial charge in [0.15, 0.2) is 5.78 Å². The Kier molecular flexibility index (Phi) is 4.37. The molecule has 0 aliphatic carbocycles. The Bertz CT molecular complexity index is 436. The molecule has 2 rings (SSSR count). The summed E-state index contributed by atoms with van der Waals surface area (Å²) in [5.41, 5.74) is 6.26. The molecule has 19 heavy (non-hydrogen) atoms.